The standard InChI is InChI=1S/C19H29N5/c1-3-20-19(23-16-9-7-15(2)8-10-16)21-12-11-17-14-24-13-5-4-6-18(24)22-17/h4-6,13-16H,3,7-12H2,1-2H3,(H2,20,21,23). The van der Waals surface area contributed by atoms with Gasteiger partial charge in [0.15, 0.2) is 5.96 Å². The number of imidazole rings is 1. The van der Waals surface area contributed by atoms with Crippen LogP contribution >= 0.6 is 0 Å². The molecular formula is C19H29N5. The SMILES string of the molecule is CCNC(=NCCc1cn2ccccc2n1)NC1CCC(C)CC1. The lowest BCUT2D eigenvalue weighted by atomic mass is 9.87. The van der Waals surface area contributed by atoms with Crippen LogP contribution in [0.4, 0.5) is 0 Å². The maximum Gasteiger partial charge on any atom is 0.191 e. The number of rotatable bonds is 5. The van der Waals surface area contributed by atoms with Crippen molar-refractivity contribution in [1.29, 1.82) is 0 Å². The van der Waals surface area contributed by atoms with E-state index < -0.39 is 0 Å². The molecule has 0 spiro atoms. The topological polar surface area (TPSA) is 53.7 Å². The van der Waals surface area contributed by atoms with E-state index in [9.17, 15) is 0 Å². The molecule has 5 nitrogen and oxygen atoms in total. The molecule has 3 rings (SSSR count). The van der Waals surface area contributed by atoms with Crippen molar-refractivity contribution in [2.45, 2.75) is 52.0 Å². The van der Waals surface area contributed by atoms with Gasteiger partial charge in [0.2, 0.25) is 0 Å². The van der Waals surface area contributed by atoms with Crippen molar-refractivity contribution < 1.29 is 0 Å². The largest absolute Gasteiger partial charge is 0.357 e. The van der Waals surface area contributed by atoms with Crippen LogP contribution in [0.15, 0.2) is 35.6 Å². The zero-order valence-electron chi connectivity index (χ0n) is 14.8. The van der Waals surface area contributed by atoms with Gasteiger partial charge in [0.1, 0.15) is 5.65 Å². The van der Waals surface area contributed by atoms with Crippen LogP contribution in [0.1, 0.15) is 45.2 Å². The first-order valence-electron chi connectivity index (χ1n) is 9.22. The van der Waals surface area contributed by atoms with E-state index in [-0.39, 0.29) is 0 Å². The second-order valence-corrected chi connectivity index (χ2v) is 6.81. The molecule has 0 atom stereocenters. The Kier molecular flexibility index (Phi) is 5.72. The van der Waals surface area contributed by atoms with Gasteiger partial charge in [0.05, 0.1) is 5.69 Å². The summed E-state index contributed by atoms with van der Waals surface area (Å²) < 4.78 is 2.06. The number of fused-ring (bicyclic) bond motifs is 1. The number of nitrogens with zero attached hydrogens (tertiary/aromatic N) is 3. The lowest BCUT2D eigenvalue weighted by molar-refractivity contribution is 0.329. The highest BCUT2D eigenvalue weighted by Gasteiger charge is 2.18. The summed E-state index contributed by atoms with van der Waals surface area (Å²) >= 11 is 0. The molecule has 2 aromatic rings. The normalized spacial score (nSPS) is 21.8. The van der Waals surface area contributed by atoms with Crippen molar-refractivity contribution >= 4 is 11.6 Å². The molecule has 0 aliphatic heterocycles. The second-order valence-electron chi connectivity index (χ2n) is 6.81. The zero-order chi connectivity index (χ0) is 16.8. The van der Waals surface area contributed by atoms with Crippen molar-refractivity contribution in [1.82, 2.24) is 20.0 Å². The van der Waals surface area contributed by atoms with Crippen LogP contribution in [0.25, 0.3) is 5.65 Å². The van der Waals surface area contributed by atoms with Gasteiger partial charge in [-0.2, -0.15) is 0 Å². The van der Waals surface area contributed by atoms with Crippen molar-refractivity contribution in [3.8, 4) is 0 Å². The van der Waals surface area contributed by atoms with E-state index in [0.29, 0.717) is 6.04 Å². The van der Waals surface area contributed by atoms with Gasteiger partial charge >= 0.3 is 0 Å². The average Bonchev–Trinajstić information content (AvgIpc) is 3.00. The summed E-state index contributed by atoms with van der Waals surface area (Å²) in [4.78, 5) is 9.37. The maximum absolute atomic E-state index is 4.74. The van der Waals surface area contributed by atoms with E-state index in [1.165, 1.54) is 25.7 Å². The maximum atomic E-state index is 4.74. The summed E-state index contributed by atoms with van der Waals surface area (Å²) in [5.41, 5.74) is 2.09. The molecule has 0 bridgehead atoms. The van der Waals surface area contributed by atoms with Gasteiger partial charge in [0.25, 0.3) is 0 Å². The van der Waals surface area contributed by atoms with E-state index in [4.69, 9.17) is 4.99 Å². The van der Waals surface area contributed by atoms with Gasteiger partial charge in [0, 0.05) is 37.9 Å². The summed E-state index contributed by atoms with van der Waals surface area (Å²) in [6, 6.07) is 6.63. The molecule has 24 heavy (non-hydrogen) atoms. The van der Waals surface area contributed by atoms with Crippen molar-refractivity contribution in [2.24, 2.45) is 10.9 Å². The highest BCUT2D eigenvalue weighted by atomic mass is 15.2. The molecule has 0 unspecified atom stereocenters. The van der Waals surface area contributed by atoms with Gasteiger partial charge in [-0.25, -0.2) is 4.98 Å². The van der Waals surface area contributed by atoms with Crippen molar-refractivity contribution in [2.75, 3.05) is 13.1 Å². The number of hydrogen-bond donors (Lipinski definition) is 2. The third kappa shape index (κ3) is 4.49. The minimum Gasteiger partial charge on any atom is -0.357 e. The summed E-state index contributed by atoms with van der Waals surface area (Å²) in [6.45, 7) is 6.11. The summed E-state index contributed by atoms with van der Waals surface area (Å²) in [5.74, 6) is 1.82. The van der Waals surface area contributed by atoms with E-state index in [2.05, 4.69) is 40.1 Å². The van der Waals surface area contributed by atoms with E-state index in [1.807, 2.05) is 24.4 Å². The molecule has 1 fully saturated rings. The minimum atomic E-state index is 0.564. The van der Waals surface area contributed by atoms with Crippen molar-refractivity contribution in [3.63, 3.8) is 0 Å². The van der Waals surface area contributed by atoms with Gasteiger partial charge in [-0.3, -0.25) is 4.99 Å². The lowest BCUT2D eigenvalue weighted by Crippen LogP contribution is -2.44. The molecule has 2 aromatic heterocycles. The first kappa shape index (κ1) is 16.8. The minimum absolute atomic E-state index is 0.564. The Bertz CT molecular complexity index is 634. The molecule has 1 aliphatic rings. The van der Waals surface area contributed by atoms with Gasteiger partial charge in [-0.05, 0) is 50.7 Å². The first-order chi connectivity index (χ1) is 11.7. The fraction of sp³-hybridized carbons (Fsp3) is 0.579. The third-order valence-electron chi connectivity index (χ3n) is 4.75. The Labute approximate surface area is 144 Å². The molecule has 2 heterocycles. The zero-order valence-corrected chi connectivity index (χ0v) is 14.8. The number of pyridine rings is 1. The van der Waals surface area contributed by atoms with Crippen LogP contribution in [-0.4, -0.2) is 34.5 Å². The van der Waals surface area contributed by atoms with Crippen LogP contribution in [0, 0.1) is 5.92 Å². The molecule has 1 aliphatic carbocycles. The Morgan fingerprint density at radius 2 is 2.12 bits per heavy atom. The quantitative estimate of drug-likeness (QED) is 0.656. The summed E-state index contributed by atoms with van der Waals surface area (Å²) in [5, 5.41) is 6.97. The number of guanidine groups is 1. The number of hydrogen-bond acceptors (Lipinski definition) is 2. The molecule has 5 heteroatoms. The Morgan fingerprint density at radius 1 is 1.29 bits per heavy atom. The van der Waals surface area contributed by atoms with E-state index in [1.54, 1.807) is 0 Å². The first-order valence-corrected chi connectivity index (χ1v) is 9.22. The Hall–Kier alpha value is -2.04. The van der Waals surface area contributed by atoms with Crippen LogP contribution in [-0.2, 0) is 6.42 Å². The number of aliphatic imine (C=N–C) groups is 1. The Balaban J connectivity index is 1.55. The number of nitrogens with one attached hydrogen (secondary N) is 2. The van der Waals surface area contributed by atoms with Crippen LogP contribution in [0.3, 0.4) is 0 Å². The van der Waals surface area contributed by atoms with Gasteiger partial charge in [-0.1, -0.05) is 13.0 Å². The number of aromatic nitrogens is 2. The molecule has 0 amide bonds. The summed E-state index contributed by atoms with van der Waals surface area (Å²) in [6.07, 6.45) is 10.1. The molecular weight excluding hydrogens is 298 g/mol. The molecule has 1 saturated carbocycles. The third-order valence-corrected chi connectivity index (χ3v) is 4.75. The molecule has 0 radical (unpaired) electrons. The second kappa shape index (κ2) is 8.18. The van der Waals surface area contributed by atoms with Crippen LogP contribution in [0.2, 0.25) is 0 Å². The predicted octanol–water partition coefficient (Wildman–Crippen LogP) is 3.01. The highest BCUT2D eigenvalue weighted by Crippen LogP contribution is 2.23. The molecule has 130 valence electrons. The summed E-state index contributed by atoms with van der Waals surface area (Å²) in [7, 11) is 0. The van der Waals surface area contributed by atoms with Gasteiger partial charge < -0.3 is 15.0 Å². The van der Waals surface area contributed by atoms with Gasteiger partial charge in [-0.15, -0.1) is 0 Å². The highest BCUT2D eigenvalue weighted by molar-refractivity contribution is 5.80. The molecule has 0 saturated heterocycles. The molecule has 0 aromatic carbocycles. The van der Waals surface area contributed by atoms with E-state index in [0.717, 1.165) is 42.7 Å². The monoisotopic (exact) mass is 327 g/mol. The fourth-order valence-corrected chi connectivity index (χ4v) is 3.31. The average molecular weight is 327 g/mol. The molecule has 2 N–H and O–H groups in total. The fourth-order valence-electron chi connectivity index (χ4n) is 3.31. The van der Waals surface area contributed by atoms with Crippen molar-refractivity contribution in [3.05, 3.63) is 36.3 Å². The van der Waals surface area contributed by atoms with Crippen LogP contribution < -0.4 is 10.6 Å². The van der Waals surface area contributed by atoms with Crippen LogP contribution in [0.5, 0.6) is 0 Å². The van der Waals surface area contributed by atoms with E-state index >= 15 is 0 Å². The Morgan fingerprint density at radius 3 is 2.88 bits per heavy atom. The predicted molar refractivity (Wildman–Crippen MR) is 99.4 cm³/mol. The lowest BCUT2D eigenvalue weighted by Gasteiger charge is -2.28. The smallest absolute Gasteiger partial charge is 0.191 e.